The Morgan fingerprint density at radius 1 is 1.30 bits per heavy atom. The molecule has 0 bridgehead atoms. The SMILES string of the molecule is Cl.NC(CO)Cc1c(-c2ccccc2)nc2sccn12. The van der Waals surface area contributed by atoms with Gasteiger partial charge in [-0.25, -0.2) is 4.98 Å². The number of imidazole rings is 1. The quantitative estimate of drug-likeness (QED) is 0.777. The maximum absolute atomic E-state index is 9.17. The largest absolute Gasteiger partial charge is 0.395 e. The van der Waals surface area contributed by atoms with Gasteiger partial charge in [-0.05, 0) is 0 Å². The van der Waals surface area contributed by atoms with Crippen LogP contribution in [0.15, 0.2) is 41.9 Å². The molecule has 0 spiro atoms. The maximum atomic E-state index is 9.17. The highest BCUT2D eigenvalue weighted by molar-refractivity contribution is 7.15. The van der Waals surface area contributed by atoms with E-state index in [4.69, 9.17) is 10.8 Å². The number of fused-ring (bicyclic) bond motifs is 1. The zero-order chi connectivity index (χ0) is 13.2. The van der Waals surface area contributed by atoms with Crippen LogP contribution in [0.3, 0.4) is 0 Å². The molecule has 0 aliphatic carbocycles. The van der Waals surface area contributed by atoms with Gasteiger partial charge in [0.2, 0.25) is 0 Å². The van der Waals surface area contributed by atoms with Gasteiger partial charge in [0.15, 0.2) is 4.96 Å². The fourth-order valence-corrected chi connectivity index (χ4v) is 2.90. The molecule has 0 amide bonds. The number of halogens is 1. The summed E-state index contributed by atoms with van der Waals surface area (Å²) in [5.41, 5.74) is 8.98. The molecule has 4 nitrogen and oxygen atoms in total. The first-order valence-electron chi connectivity index (χ1n) is 6.16. The van der Waals surface area contributed by atoms with Crippen LogP contribution in [0.5, 0.6) is 0 Å². The number of aromatic nitrogens is 2. The van der Waals surface area contributed by atoms with Crippen molar-refractivity contribution in [3.05, 3.63) is 47.6 Å². The Hall–Kier alpha value is -1.40. The normalized spacial score (nSPS) is 12.3. The average molecular weight is 310 g/mol. The summed E-state index contributed by atoms with van der Waals surface area (Å²) >= 11 is 1.60. The van der Waals surface area contributed by atoms with Gasteiger partial charge in [0.25, 0.3) is 0 Å². The average Bonchev–Trinajstić information content (AvgIpc) is 3.02. The highest BCUT2D eigenvalue weighted by Crippen LogP contribution is 2.27. The highest BCUT2D eigenvalue weighted by atomic mass is 35.5. The topological polar surface area (TPSA) is 63.5 Å². The number of hydrogen-bond donors (Lipinski definition) is 2. The van der Waals surface area contributed by atoms with Crippen molar-refractivity contribution in [3.63, 3.8) is 0 Å². The van der Waals surface area contributed by atoms with Crippen LogP contribution in [-0.4, -0.2) is 27.1 Å². The van der Waals surface area contributed by atoms with Crippen LogP contribution in [0.4, 0.5) is 0 Å². The van der Waals surface area contributed by atoms with Gasteiger partial charge in [0.05, 0.1) is 18.0 Å². The zero-order valence-electron chi connectivity index (χ0n) is 10.8. The summed E-state index contributed by atoms with van der Waals surface area (Å²) < 4.78 is 2.06. The van der Waals surface area contributed by atoms with Gasteiger partial charge in [-0.3, -0.25) is 4.40 Å². The third-order valence-corrected chi connectivity index (χ3v) is 3.85. The van der Waals surface area contributed by atoms with Crippen LogP contribution in [0, 0.1) is 0 Å². The lowest BCUT2D eigenvalue weighted by Crippen LogP contribution is -2.27. The predicted octanol–water partition coefficient (Wildman–Crippen LogP) is 2.35. The van der Waals surface area contributed by atoms with Crippen LogP contribution in [-0.2, 0) is 6.42 Å². The summed E-state index contributed by atoms with van der Waals surface area (Å²) in [4.78, 5) is 5.63. The number of thiazole rings is 1. The van der Waals surface area contributed by atoms with Crippen molar-refractivity contribution in [1.29, 1.82) is 0 Å². The minimum absolute atomic E-state index is 0. The van der Waals surface area contributed by atoms with Gasteiger partial charge < -0.3 is 10.8 Å². The highest BCUT2D eigenvalue weighted by Gasteiger charge is 2.16. The molecule has 1 aromatic carbocycles. The van der Waals surface area contributed by atoms with E-state index < -0.39 is 0 Å². The van der Waals surface area contributed by atoms with E-state index in [9.17, 15) is 0 Å². The Labute approximate surface area is 127 Å². The van der Waals surface area contributed by atoms with Crippen LogP contribution in [0.1, 0.15) is 5.69 Å². The number of rotatable bonds is 4. The lowest BCUT2D eigenvalue weighted by molar-refractivity contribution is 0.264. The van der Waals surface area contributed by atoms with Crippen molar-refractivity contribution < 1.29 is 5.11 Å². The van der Waals surface area contributed by atoms with E-state index in [1.807, 2.05) is 41.9 Å². The Balaban J connectivity index is 0.00000147. The molecule has 2 heterocycles. The number of nitrogens with two attached hydrogens (primary N) is 1. The smallest absolute Gasteiger partial charge is 0.194 e. The Kier molecular flexibility index (Phi) is 4.77. The third-order valence-electron chi connectivity index (χ3n) is 3.10. The Morgan fingerprint density at radius 2 is 2.05 bits per heavy atom. The van der Waals surface area contributed by atoms with Crippen molar-refractivity contribution in [2.24, 2.45) is 5.73 Å². The molecule has 3 N–H and O–H groups in total. The molecule has 106 valence electrons. The first-order valence-corrected chi connectivity index (χ1v) is 7.04. The summed E-state index contributed by atoms with van der Waals surface area (Å²) in [6.45, 7) is -0.0222. The first-order chi connectivity index (χ1) is 9.29. The van der Waals surface area contributed by atoms with Crippen LogP contribution >= 0.6 is 23.7 Å². The minimum Gasteiger partial charge on any atom is -0.395 e. The standard InChI is InChI=1S/C14H15N3OS.ClH/c15-11(9-18)8-12-13(10-4-2-1-3-5-10)16-14-17(12)6-7-19-14;/h1-7,11,18H,8-9,15H2;1H. The van der Waals surface area contributed by atoms with Crippen molar-refractivity contribution in [3.8, 4) is 11.3 Å². The van der Waals surface area contributed by atoms with Gasteiger partial charge in [0, 0.05) is 29.6 Å². The minimum atomic E-state index is -0.262. The molecular weight excluding hydrogens is 294 g/mol. The fourth-order valence-electron chi connectivity index (χ4n) is 2.17. The van der Waals surface area contributed by atoms with Crippen molar-refractivity contribution in [1.82, 2.24) is 9.38 Å². The second kappa shape index (κ2) is 6.37. The third kappa shape index (κ3) is 2.71. The van der Waals surface area contributed by atoms with Crippen LogP contribution < -0.4 is 5.73 Å². The van der Waals surface area contributed by atoms with Gasteiger partial charge in [-0.15, -0.1) is 23.7 Å². The molecule has 1 atom stereocenters. The number of hydrogen-bond acceptors (Lipinski definition) is 4. The lowest BCUT2D eigenvalue weighted by atomic mass is 10.1. The molecule has 2 aromatic heterocycles. The van der Waals surface area contributed by atoms with Crippen molar-refractivity contribution in [2.45, 2.75) is 12.5 Å². The van der Waals surface area contributed by atoms with E-state index in [2.05, 4.69) is 9.38 Å². The number of aliphatic hydroxyl groups is 1. The zero-order valence-corrected chi connectivity index (χ0v) is 12.4. The molecule has 0 aliphatic rings. The molecule has 0 aliphatic heterocycles. The monoisotopic (exact) mass is 309 g/mol. The second-order valence-corrected chi connectivity index (χ2v) is 5.35. The second-order valence-electron chi connectivity index (χ2n) is 4.48. The fraction of sp³-hybridized carbons (Fsp3) is 0.214. The summed E-state index contributed by atoms with van der Waals surface area (Å²) in [6.07, 6.45) is 2.61. The van der Waals surface area contributed by atoms with E-state index in [1.54, 1.807) is 11.3 Å². The van der Waals surface area contributed by atoms with Gasteiger partial charge in [-0.1, -0.05) is 30.3 Å². The van der Waals surface area contributed by atoms with E-state index in [0.717, 1.165) is 21.9 Å². The summed E-state index contributed by atoms with van der Waals surface area (Å²) in [6, 6.07) is 9.81. The van der Waals surface area contributed by atoms with Crippen LogP contribution in [0.25, 0.3) is 16.2 Å². The summed E-state index contributed by atoms with van der Waals surface area (Å²) in [5, 5.41) is 11.2. The van der Waals surface area contributed by atoms with Gasteiger partial charge in [-0.2, -0.15) is 0 Å². The molecule has 0 fully saturated rings. The Morgan fingerprint density at radius 3 is 2.75 bits per heavy atom. The van der Waals surface area contributed by atoms with E-state index in [0.29, 0.717) is 6.42 Å². The first kappa shape index (κ1) is 15.0. The number of aliphatic hydroxyl groups excluding tert-OH is 1. The van der Waals surface area contributed by atoms with E-state index >= 15 is 0 Å². The molecule has 0 radical (unpaired) electrons. The van der Waals surface area contributed by atoms with Crippen molar-refractivity contribution >= 4 is 28.7 Å². The molecule has 0 saturated heterocycles. The molecule has 6 heteroatoms. The molecule has 20 heavy (non-hydrogen) atoms. The van der Waals surface area contributed by atoms with E-state index in [1.165, 1.54) is 0 Å². The Bertz CT molecular complexity index is 680. The molecule has 3 rings (SSSR count). The number of nitrogens with zero attached hydrogens (tertiary/aromatic N) is 2. The lowest BCUT2D eigenvalue weighted by Gasteiger charge is -2.09. The van der Waals surface area contributed by atoms with Crippen molar-refractivity contribution in [2.75, 3.05) is 6.61 Å². The van der Waals surface area contributed by atoms with Gasteiger partial charge >= 0.3 is 0 Å². The molecule has 3 aromatic rings. The molecular formula is C14H16ClN3OS. The van der Waals surface area contributed by atoms with Gasteiger partial charge in [0.1, 0.15) is 0 Å². The summed E-state index contributed by atoms with van der Waals surface area (Å²) in [5.74, 6) is 0. The van der Waals surface area contributed by atoms with E-state index in [-0.39, 0.29) is 25.1 Å². The molecule has 0 saturated carbocycles. The predicted molar refractivity (Wildman–Crippen MR) is 84.5 cm³/mol. The molecule has 1 unspecified atom stereocenters. The summed E-state index contributed by atoms with van der Waals surface area (Å²) in [7, 11) is 0. The van der Waals surface area contributed by atoms with Crippen LogP contribution in [0.2, 0.25) is 0 Å². The number of benzene rings is 1. The maximum Gasteiger partial charge on any atom is 0.194 e.